The molecule has 0 aromatic carbocycles. The molecule has 0 saturated carbocycles. The van der Waals surface area contributed by atoms with Crippen LogP contribution in [-0.4, -0.2) is 79.9 Å². The largest absolute Gasteiger partial charge is 0.304 e. The van der Waals surface area contributed by atoms with Crippen LogP contribution in [0.2, 0.25) is 0 Å². The number of thiophene rings is 3. The van der Waals surface area contributed by atoms with Crippen LogP contribution in [0.15, 0.2) is 101 Å². The van der Waals surface area contributed by atoms with E-state index in [9.17, 15) is 29.7 Å². The van der Waals surface area contributed by atoms with E-state index in [4.69, 9.17) is 45.7 Å². The SMILES string of the molecule is C1CCOC1.CC(C)(C)OC(=O)N(C(=O)OC(C)(C)C)c1nc(-c2cccs2)ccc1C#N.Cc1ccc(C#N)c(N(C(=O)OC(C)(C)C)C(=O)OC(C)(C)C)n1.Cc1ccc(C#N)c(N)n1.N#Cc1ccc(-c2cccs2)nc1N.[Cl-].[Li+].[Zn+][I].[c-]1cccs1. The van der Waals surface area contributed by atoms with Crippen molar-refractivity contribution in [3.05, 3.63) is 140 Å². The molecule has 0 atom stereocenters. The van der Waals surface area contributed by atoms with Crippen LogP contribution in [0.25, 0.3) is 21.1 Å². The number of ether oxygens (including phenoxy) is 5. The Morgan fingerprint density at radius 1 is 0.533 bits per heavy atom. The Morgan fingerprint density at radius 3 is 1.17 bits per heavy atom. The number of aromatic nitrogens is 4. The zero-order valence-corrected chi connectivity index (χ0v) is 61.5. The fourth-order valence-corrected chi connectivity index (χ4v) is 8.09. The summed E-state index contributed by atoms with van der Waals surface area (Å²) in [4.78, 5) is 70.5. The van der Waals surface area contributed by atoms with Crippen molar-refractivity contribution < 1.29 is 88.9 Å². The van der Waals surface area contributed by atoms with E-state index in [-0.39, 0.29) is 54.0 Å². The number of pyridine rings is 4. The smallest absolute Gasteiger partial charge is 0.124 e. The van der Waals surface area contributed by atoms with Crippen LogP contribution in [0, 0.1) is 64.6 Å². The number of carbonyl (C=O) groups excluding carboxylic acids is 4. The number of aryl methyl sites for hydroxylation is 2. The molecule has 7 aromatic rings. The van der Waals surface area contributed by atoms with Gasteiger partial charge in [0, 0.05) is 24.6 Å². The van der Waals surface area contributed by atoms with Gasteiger partial charge in [0.05, 0.1) is 43.4 Å². The Balaban J connectivity index is 0.00000114. The van der Waals surface area contributed by atoms with Crippen LogP contribution >= 0.6 is 53.8 Å². The molecule has 1 fully saturated rings. The number of nitrogens with two attached hydrogens (primary N) is 2. The van der Waals surface area contributed by atoms with Gasteiger partial charge in [-0.05, 0) is 181 Å². The average Bonchev–Trinajstić information content (AvgIpc) is 0.909. The molecule has 1 aliphatic rings. The standard InChI is InChI=1S/C20H23N3O4S.C17H23N3O4.C10H7N3S.C7H7N3.C4H8O.C4H3S.ClH.HI.Li.Zn/c1-19(2,3)26-17(24)23(18(25)27-20(4,5)6)16-13(12-21)9-10-14(22-16)15-8-7-11-28-15;1-11-8-9-12(10-18)13(19-11)20(14(21)23-16(2,3)4)15(22)24-17(5,6)7;11-6-7-3-4-8(13-10(7)12)9-2-1-5-14-9;1-5-2-3-6(4-8)7(9)10-5;2*1-2-4-5-3-1;;;;/h7-11H,1-6H3;8-9H,1-7H3;1-5H,(H2,12,13);2-3H,1H3,(H2,9,10);1-4H2;1-3H;2*1H;;/q;;;;;-1;;;+1;+2/p-2. The summed E-state index contributed by atoms with van der Waals surface area (Å²) < 4.78 is 26.2. The molecule has 0 aliphatic carbocycles. The minimum absolute atomic E-state index is 0. The van der Waals surface area contributed by atoms with Crippen LogP contribution in [0.4, 0.5) is 42.4 Å². The summed E-state index contributed by atoms with van der Waals surface area (Å²) in [5.41, 5.74) is 11.3. The summed E-state index contributed by atoms with van der Waals surface area (Å²) in [7, 11) is 0. The van der Waals surface area contributed by atoms with Gasteiger partial charge in [-0.1, -0.05) is 12.1 Å². The third kappa shape index (κ3) is 31.1. The van der Waals surface area contributed by atoms with Crippen LogP contribution < -0.4 is 52.5 Å². The second kappa shape index (κ2) is 40.6. The van der Waals surface area contributed by atoms with Gasteiger partial charge in [0.2, 0.25) is 0 Å². The predicted octanol–water partition coefficient (Wildman–Crippen LogP) is 9.64. The van der Waals surface area contributed by atoms with E-state index >= 15 is 0 Å². The molecule has 21 nitrogen and oxygen atoms in total. The number of nitriles is 4. The van der Waals surface area contributed by atoms with Gasteiger partial charge in [-0.25, -0.2) is 45.2 Å². The van der Waals surface area contributed by atoms with E-state index in [1.807, 2.05) is 83.7 Å². The monoisotopic (exact) mass is 1460 g/mol. The van der Waals surface area contributed by atoms with Gasteiger partial charge < -0.3 is 58.9 Å². The number of halogens is 2. The maximum absolute atomic E-state index is 12.8. The van der Waals surface area contributed by atoms with Crippen molar-refractivity contribution >= 4 is 101 Å². The van der Waals surface area contributed by atoms with Gasteiger partial charge in [-0.2, -0.15) is 42.3 Å². The summed E-state index contributed by atoms with van der Waals surface area (Å²) in [6.07, 6.45) is -1.28. The zero-order valence-electron chi connectivity index (χ0n) is 53.1. The van der Waals surface area contributed by atoms with E-state index in [1.54, 1.807) is 149 Å². The summed E-state index contributed by atoms with van der Waals surface area (Å²) in [6, 6.07) is 32.5. The number of anilines is 4. The molecule has 4 N–H and O–H groups in total. The van der Waals surface area contributed by atoms with E-state index in [2.05, 4.69) is 45.1 Å². The van der Waals surface area contributed by atoms with Crippen LogP contribution in [0.5, 0.6) is 0 Å². The van der Waals surface area contributed by atoms with Gasteiger partial charge in [0.25, 0.3) is 0 Å². The number of imide groups is 2. The van der Waals surface area contributed by atoms with Gasteiger partial charge in [-0.15, -0.1) is 28.1 Å². The topological polar surface area (TPSA) is 320 Å². The Morgan fingerprint density at radius 2 is 0.878 bits per heavy atom. The Kier molecular flexibility index (Phi) is 37.4. The minimum atomic E-state index is -0.964. The van der Waals surface area contributed by atoms with Crippen molar-refractivity contribution in [1.82, 2.24) is 19.9 Å². The number of nitrogens with zero attached hydrogens (tertiary/aromatic N) is 10. The van der Waals surface area contributed by atoms with Gasteiger partial charge in [0.1, 0.15) is 58.3 Å². The van der Waals surface area contributed by atoms with Crippen LogP contribution in [0.3, 0.4) is 0 Å². The number of hydrogen-bond donors (Lipinski definition) is 2. The first kappa shape index (κ1) is 82.9. The van der Waals surface area contributed by atoms with E-state index < -0.39 is 46.8 Å². The number of amides is 4. The first-order chi connectivity index (χ1) is 41.3. The molecule has 8 heterocycles. The molecule has 468 valence electrons. The maximum Gasteiger partial charge on any atom is -0.124 e. The first-order valence-electron chi connectivity index (χ1n) is 26.7. The van der Waals surface area contributed by atoms with E-state index in [0.29, 0.717) is 44.0 Å². The second-order valence-electron chi connectivity index (χ2n) is 22.0. The van der Waals surface area contributed by atoms with Crippen molar-refractivity contribution in [3.8, 4) is 45.4 Å². The maximum atomic E-state index is 12.8. The van der Waals surface area contributed by atoms with E-state index in [0.717, 1.165) is 34.4 Å². The summed E-state index contributed by atoms with van der Waals surface area (Å²) >= 11 is 8.26. The average molecular weight is 1460 g/mol. The zero-order chi connectivity index (χ0) is 66.4. The summed E-state index contributed by atoms with van der Waals surface area (Å²) in [6.45, 7) is 25.6. The molecular weight excluding hydrogens is 1390 g/mol. The van der Waals surface area contributed by atoms with Crippen LogP contribution in [-0.2, 0) is 38.5 Å². The molecule has 8 rings (SSSR count). The third-order valence-electron chi connectivity index (χ3n) is 9.84. The van der Waals surface area contributed by atoms with Gasteiger partial charge in [-0.3, -0.25) is 0 Å². The summed E-state index contributed by atoms with van der Waals surface area (Å²) in [5.74, 6) is 0.360. The Bertz CT molecular complexity index is 3450. The van der Waals surface area contributed by atoms with Crippen molar-refractivity contribution in [2.45, 2.75) is 132 Å². The molecule has 1 saturated heterocycles. The molecule has 90 heavy (non-hydrogen) atoms. The Labute approximate surface area is 578 Å². The van der Waals surface area contributed by atoms with Gasteiger partial charge >= 0.3 is 77.8 Å². The number of carbonyl (C=O) groups is 4. The van der Waals surface area contributed by atoms with Crippen molar-refractivity contribution in [2.24, 2.45) is 0 Å². The Hall–Kier alpha value is -7.06. The molecule has 0 unspecified atom stereocenters. The molecule has 0 spiro atoms. The molecule has 1 aliphatic heterocycles. The number of hydrogen-bond acceptors (Lipinski definition) is 22. The van der Waals surface area contributed by atoms with Crippen molar-refractivity contribution in [3.63, 3.8) is 0 Å². The third-order valence-corrected chi connectivity index (χ3v) is 12.2. The predicted molar refractivity (Wildman–Crippen MR) is 348 cm³/mol. The minimum Gasteiger partial charge on any atom is -0.304 e. The second-order valence-corrected chi connectivity index (χ2v) is 24.6. The molecular formula is C62H71ClILiN12O9S3Zn. The molecule has 4 amide bonds. The molecule has 0 radical (unpaired) electrons. The van der Waals surface area contributed by atoms with E-state index in [1.165, 1.54) is 51.1 Å². The van der Waals surface area contributed by atoms with Crippen LogP contribution in [0.1, 0.15) is 130 Å². The van der Waals surface area contributed by atoms with Gasteiger partial charge in [0.15, 0.2) is 11.6 Å². The number of rotatable bonds is 4. The molecule has 28 heteroatoms. The molecule has 7 aromatic heterocycles. The number of nitrogen functional groups attached to an aromatic ring is 2. The summed E-state index contributed by atoms with van der Waals surface area (Å²) in [5, 5.41) is 44.6. The van der Waals surface area contributed by atoms with Crippen molar-refractivity contribution in [1.29, 1.82) is 21.0 Å². The first-order valence-corrected chi connectivity index (χ1v) is 38.4. The fourth-order valence-electron chi connectivity index (χ4n) is 6.30. The van der Waals surface area contributed by atoms with Crippen molar-refractivity contribution in [2.75, 3.05) is 34.5 Å². The normalized spacial score (nSPS) is 10.9. The fraction of sp³-hybridized carbons (Fsp3) is 0.355. The molecule has 0 bridgehead atoms. The quantitative estimate of drug-likeness (QED) is 0.0716.